The second-order valence-electron chi connectivity index (χ2n) is 7.26. The van der Waals surface area contributed by atoms with E-state index in [1.807, 2.05) is 36.4 Å². The van der Waals surface area contributed by atoms with E-state index in [9.17, 15) is 4.79 Å². The molecule has 2 aromatic carbocycles. The topological polar surface area (TPSA) is 51.1 Å². The summed E-state index contributed by atoms with van der Waals surface area (Å²) in [5, 5.41) is 6.42. The molecule has 0 N–H and O–H groups in total. The van der Waals surface area contributed by atoms with Gasteiger partial charge in [0.25, 0.3) is 0 Å². The van der Waals surface area contributed by atoms with Crippen LogP contribution in [0.2, 0.25) is 0 Å². The second-order valence-corrected chi connectivity index (χ2v) is 7.26. The second kappa shape index (κ2) is 6.72. The standard InChI is InChI=1S/C22H24N2O3/c1-13-11-20-21(19-12-17(27-4)9-10-18(13)19)23-24(14(2)25)22(20)15-5-7-16(26-3)8-6-15/h5-10,12-13,20,22H,11H2,1-4H3/t13-,20-,22-/m1/s1. The molecule has 4 rings (SSSR count). The highest BCUT2D eigenvalue weighted by molar-refractivity contribution is 6.07. The number of carbonyl (C=O) groups excluding carboxylic acids is 1. The Hall–Kier alpha value is -2.82. The van der Waals surface area contributed by atoms with Gasteiger partial charge in [0.1, 0.15) is 11.5 Å². The van der Waals surface area contributed by atoms with Crippen molar-refractivity contribution in [2.75, 3.05) is 14.2 Å². The number of hydrazone groups is 1. The van der Waals surface area contributed by atoms with E-state index in [2.05, 4.69) is 13.0 Å². The molecule has 5 nitrogen and oxygen atoms in total. The van der Waals surface area contributed by atoms with Crippen LogP contribution < -0.4 is 9.47 Å². The quantitative estimate of drug-likeness (QED) is 0.823. The molecule has 0 saturated heterocycles. The molecule has 27 heavy (non-hydrogen) atoms. The highest BCUT2D eigenvalue weighted by atomic mass is 16.5. The van der Waals surface area contributed by atoms with E-state index in [4.69, 9.17) is 14.6 Å². The third-order valence-corrected chi connectivity index (χ3v) is 5.67. The van der Waals surface area contributed by atoms with Gasteiger partial charge in [0.05, 0.1) is 26.0 Å². The Morgan fingerprint density at radius 1 is 1.07 bits per heavy atom. The van der Waals surface area contributed by atoms with Crippen molar-refractivity contribution < 1.29 is 14.3 Å². The summed E-state index contributed by atoms with van der Waals surface area (Å²) in [6, 6.07) is 14.0. The van der Waals surface area contributed by atoms with Gasteiger partial charge in [-0.15, -0.1) is 0 Å². The summed E-state index contributed by atoms with van der Waals surface area (Å²) in [6.07, 6.45) is 0.957. The molecule has 1 heterocycles. The van der Waals surface area contributed by atoms with Crippen molar-refractivity contribution in [1.82, 2.24) is 5.01 Å². The molecule has 0 spiro atoms. The first-order valence-corrected chi connectivity index (χ1v) is 9.24. The Bertz CT molecular complexity index is 904. The minimum absolute atomic E-state index is 0.0465. The first kappa shape index (κ1) is 17.6. The summed E-state index contributed by atoms with van der Waals surface area (Å²) in [5.74, 6) is 2.13. The summed E-state index contributed by atoms with van der Waals surface area (Å²) in [6.45, 7) is 3.82. The van der Waals surface area contributed by atoms with Crippen molar-refractivity contribution >= 4 is 11.6 Å². The average molecular weight is 364 g/mol. The molecule has 0 bridgehead atoms. The van der Waals surface area contributed by atoms with E-state index >= 15 is 0 Å². The number of methoxy groups -OCH3 is 2. The average Bonchev–Trinajstić information content (AvgIpc) is 3.07. The third kappa shape index (κ3) is 2.87. The van der Waals surface area contributed by atoms with Gasteiger partial charge >= 0.3 is 0 Å². The molecule has 1 aliphatic heterocycles. The van der Waals surface area contributed by atoms with Gasteiger partial charge < -0.3 is 9.47 Å². The van der Waals surface area contributed by atoms with Crippen LogP contribution in [0.4, 0.5) is 0 Å². The van der Waals surface area contributed by atoms with Crippen molar-refractivity contribution in [3.05, 3.63) is 59.2 Å². The lowest BCUT2D eigenvalue weighted by Gasteiger charge is -2.32. The zero-order valence-corrected chi connectivity index (χ0v) is 16.1. The van der Waals surface area contributed by atoms with E-state index < -0.39 is 0 Å². The highest BCUT2D eigenvalue weighted by Crippen LogP contribution is 2.47. The zero-order chi connectivity index (χ0) is 19.1. The Morgan fingerprint density at radius 3 is 2.37 bits per heavy atom. The molecule has 5 heteroatoms. The molecule has 0 aromatic heterocycles. The molecule has 3 atom stereocenters. The van der Waals surface area contributed by atoms with E-state index in [0.717, 1.165) is 34.8 Å². The normalized spacial score (nSPS) is 23.3. The molecule has 1 aliphatic carbocycles. The van der Waals surface area contributed by atoms with Crippen molar-refractivity contribution in [2.24, 2.45) is 11.0 Å². The molecule has 2 aromatic rings. The summed E-state index contributed by atoms with van der Waals surface area (Å²) < 4.78 is 10.7. The number of benzene rings is 2. The van der Waals surface area contributed by atoms with Gasteiger partial charge in [0.2, 0.25) is 5.91 Å². The van der Waals surface area contributed by atoms with Gasteiger partial charge in [0.15, 0.2) is 0 Å². The van der Waals surface area contributed by atoms with Crippen LogP contribution in [-0.4, -0.2) is 30.8 Å². The molecule has 0 fully saturated rings. The van der Waals surface area contributed by atoms with Crippen LogP contribution in [0.3, 0.4) is 0 Å². The van der Waals surface area contributed by atoms with Crippen LogP contribution in [-0.2, 0) is 4.79 Å². The lowest BCUT2D eigenvalue weighted by molar-refractivity contribution is -0.131. The maximum atomic E-state index is 12.4. The molecule has 0 unspecified atom stereocenters. The maximum Gasteiger partial charge on any atom is 0.240 e. The number of rotatable bonds is 3. The number of amides is 1. The number of hydrogen-bond donors (Lipinski definition) is 0. The first-order chi connectivity index (χ1) is 13.0. The van der Waals surface area contributed by atoms with Crippen molar-refractivity contribution in [2.45, 2.75) is 32.2 Å². The lowest BCUT2D eigenvalue weighted by Crippen LogP contribution is -2.31. The van der Waals surface area contributed by atoms with Gasteiger partial charge in [-0.3, -0.25) is 4.79 Å². The minimum Gasteiger partial charge on any atom is -0.497 e. The molecule has 0 radical (unpaired) electrons. The molecular weight excluding hydrogens is 340 g/mol. The third-order valence-electron chi connectivity index (χ3n) is 5.67. The fraction of sp³-hybridized carbons (Fsp3) is 0.364. The summed E-state index contributed by atoms with van der Waals surface area (Å²) >= 11 is 0. The fourth-order valence-corrected chi connectivity index (χ4v) is 4.33. The smallest absolute Gasteiger partial charge is 0.240 e. The molecular formula is C22H24N2O3. The van der Waals surface area contributed by atoms with Crippen LogP contribution >= 0.6 is 0 Å². The number of ether oxygens (including phenoxy) is 2. The number of carbonyl (C=O) groups is 1. The number of hydrogen-bond acceptors (Lipinski definition) is 4. The fourth-order valence-electron chi connectivity index (χ4n) is 4.33. The molecule has 140 valence electrons. The highest BCUT2D eigenvalue weighted by Gasteiger charge is 2.44. The van der Waals surface area contributed by atoms with E-state index in [-0.39, 0.29) is 17.9 Å². The molecule has 0 saturated carbocycles. The van der Waals surface area contributed by atoms with E-state index in [1.165, 1.54) is 5.56 Å². The number of fused-ring (bicyclic) bond motifs is 3. The Labute approximate surface area is 159 Å². The van der Waals surface area contributed by atoms with Gasteiger partial charge in [-0.05, 0) is 47.7 Å². The molecule has 1 amide bonds. The summed E-state index contributed by atoms with van der Waals surface area (Å²) in [7, 11) is 3.32. The largest absolute Gasteiger partial charge is 0.497 e. The first-order valence-electron chi connectivity index (χ1n) is 9.24. The Morgan fingerprint density at radius 2 is 1.74 bits per heavy atom. The van der Waals surface area contributed by atoms with Crippen molar-refractivity contribution in [3.8, 4) is 11.5 Å². The Kier molecular flexibility index (Phi) is 4.38. The monoisotopic (exact) mass is 364 g/mol. The predicted octanol–water partition coefficient (Wildman–Crippen LogP) is 4.13. The minimum atomic E-state index is -0.0924. The Balaban J connectivity index is 1.81. The maximum absolute atomic E-state index is 12.4. The van der Waals surface area contributed by atoms with Crippen molar-refractivity contribution in [1.29, 1.82) is 0 Å². The summed E-state index contributed by atoms with van der Waals surface area (Å²) in [4.78, 5) is 12.4. The van der Waals surface area contributed by atoms with Crippen LogP contribution in [0, 0.1) is 5.92 Å². The van der Waals surface area contributed by atoms with Crippen LogP contribution in [0.1, 0.15) is 48.9 Å². The van der Waals surface area contributed by atoms with E-state index in [1.54, 1.807) is 26.2 Å². The van der Waals surface area contributed by atoms with Crippen LogP contribution in [0.5, 0.6) is 11.5 Å². The predicted molar refractivity (Wildman–Crippen MR) is 104 cm³/mol. The van der Waals surface area contributed by atoms with Gasteiger partial charge in [-0.25, -0.2) is 5.01 Å². The van der Waals surface area contributed by atoms with Crippen molar-refractivity contribution in [3.63, 3.8) is 0 Å². The van der Waals surface area contributed by atoms with Crippen LogP contribution in [0.15, 0.2) is 47.6 Å². The van der Waals surface area contributed by atoms with Gasteiger partial charge in [0, 0.05) is 18.4 Å². The number of nitrogens with zero attached hydrogens (tertiary/aromatic N) is 2. The lowest BCUT2D eigenvalue weighted by atomic mass is 9.72. The van der Waals surface area contributed by atoms with Gasteiger partial charge in [-0.1, -0.05) is 25.1 Å². The molecule has 2 aliphatic rings. The van der Waals surface area contributed by atoms with E-state index in [0.29, 0.717) is 5.92 Å². The zero-order valence-electron chi connectivity index (χ0n) is 16.1. The van der Waals surface area contributed by atoms with Gasteiger partial charge in [-0.2, -0.15) is 5.10 Å². The SMILES string of the molecule is COc1ccc([C@@H]2[C@@H]3C[C@@H](C)c4ccc(OC)cc4C3=NN2C(C)=O)cc1. The summed E-state index contributed by atoms with van der Waals surface area (Å²) in [5.41, 5.74) is 4.43. The van der Waals surface area contributed by atoms with Crippen LogP contribution in [0.25, 0.3) is 0 Å².